The van der Waals surface area contributed by atoms with E-state index < -0.39 is 35.0 Å². The van der Waals surface area contributed by atoms with Crippen molar-refractivity contribution in [3.63, 3.8) is 0 Å². The molecule has 0 unspecified atom stereocenters. The van der Waals surface area contributed by atoms with Crippen LogP contribution in [0.5, 0.6) is 0 Å². The van der Waals surface area contributed by atoms with Gasteiger partial charge in [0.05, 0.1) is 5.56 Å². The monoisotopic (exact) mass is 336 g/mol. The SMILES string of the molecule is C/C(N)=C/C(C)=N/c1nc(C(F)(F)F)cc(C(F)(F)F)c1C#N. The van der Waals surface area contributed by atoms with E-state index in [-0.39, 0.29) is 17.5 Å². The lowest BCUT2D eigenvalue weighted by Crippen LogP contribution is -2.15. The highest BCUT2D eigenvalue weighted by Crippen LogP contribution is 2.39. The largest absolute Gasteiger partial charge is 0.433 e. The minimum Gasteiger partial charge on any atom is -0.402 e. The molecule has 0 spiro atoms. The van der Waals surface area contributed by atoms with Crippen LogP contribution in [0.3, 0.4) is 0 Å². The summed E-state index contributed by atoms with van der Waals surface area (Å²) in [7, 11) is 0. The average molecular weight is 336 g/mol. The van der Waals surface area contributed by atoms with Crippen molar-refractivity contribution in [3.8, 4) is 6.07 Å². The molecule has 0 aliphatic rings. The molecule has 1 heterocycles. The molecule has 0 amide bonds. The lowest BCUT2D eigenvalue weighted by molar-refractivity contribution is -0.145. The first-order valence-corrected chi connectivity index (χ1v) is 5.95. The van der Waals surface area contributed by atoms with Crippen molar-refractivity contribution in [2.75, 3.05) is 0 Å². The molecule has 2 N–H and O–H groups in total. The Morgan fingerprint density at radius 1 is 1.22 bits per heavy atom. The van der Waals surface area contributed by atoms with E-state index in [4.69, 9.17) is 11.0 Å². The van der Waals surface area contributed by atoms with Gasteiger partial charge < -0.3 is 5.73 Å². The van der Waals surface area contributed by atoms with Gasteiger partial charge in [-0.3, -0.25) is 0 Å². The van der Waals surface area contributed by atoms with Gasteiger partial charge in [-0.05, 0) is 26.0 Å². The van der Waals surface area contributed by atoms with Gasteiger partial charge in [-0.2, -0.15) is 31.6 Å². The molecule has 0 atom stereocenters. The Morgan fingerprint density at radius 2 is 1.78 bits per heavy atom. The summed E-state index contributed by atoms with van der Waals surface area (Å²) >= 11 is 0. The fourth-order valence-electron chi connectivity index (χ4n) is 1.62. The number of alkyl halides is 6. The summed E-state index contributed by atoms with van der Waals surface area (Å²) in [4.78, 5) is 6.58. The first kappa shape index (κ1) is 18.5. The van der Waals surface area contributed by atoms with Gasteiger partial charge >= 0.3 is 12.4 Å². The van der Waals surface area contributed by atoms with Crippen molar-refractivity contribution in [3.05, 3.63) is 34.7 Å². The van der Waals surface area contributed by atoms with E-state index in [1.165, 1.54) is 26.0 Å². The number of aliphatic imine (C=N–C) groups is 1. The van der Waals surface area contributed by atoms with Crippen LogP contribution in [0.15, 0.2) is 22.8 Å². The lowest BCUT2D eigenvalue weighted by atomic mass is 10.1. The second-order valence-corrected chi connectivity index (χ2v) is 4.50. The highest BCUT2D eigenvalue weighted by Gasteiger charge is 2.41. The minimum absolute atomic E-state index is 0.00134. The summed E-state index contributed by atoms with van der Waals surface area (Å²) in [5, 5.41) is 8.87. The van der Waals surface area contributed by atoms with E-state index in [0.29, 0.717) is 0 Å². The molecule has 0 saturated carbocycles. The van der Waals surface area contributed by atoms with Crippen molar-refractivity contribution in [2.24, 2.45) is 10.7 Å². The molecule has 0 saturated heterocycles. The van der Waals surface area contributed by atoms with Gasteiger partial charge in [-0.25, -0.2) is 9.98 Å². The number of hydrogen-bond acceptors (Lipinski definition) is 4. The van der Waals surface area contributed by atoms with Crippen molar-refractivity contribution >= 4 is 11.5 Å². The van der Waals surface area contributed by atoms with E-state index in [2.05, 4.69) is 9.98 Å². The van der Waals surface area contributed by atoms with Gasteiger partial charge in [0.2, 0.25) is 0 Å². The smallest absolute Gasteiger partial charge is 0.402 e. The van der Waals surface area contributed by atoms with E-state index in [0.717, 1.165) is 0 Å². The zero-order valence-corrected chi connectivity index (χ0v) is 11.8. The Morgan fingerprint density at radius 3 is 2.17 bits per heavy atom. The lowest BCUT2D eigenvalue weighted by Gasteiger charge is -2.14. The van der Waals surface area contributed by atoms with Gasteiger partial charge in [0.15, 0.2) is 5.82 Å². The Hall–Kier alpha value is -2.57. The average Bonchev–Trinajstić information content (AvgIpc) is 2.34. The second kappa shape index (κ2) is 6.28. The number of hydrogen-bond donors (Lipinski definition) is 1. The van der Waals surface area contributed by atoms with Crippen molar-refractivity contribution in [1.82, 2.24) is 4.98 Å². The van der Waals surface area contributed by atoms with Crippen molar-refractivity contribution in [1.29, 1.82) is 5.26 Å². The quantitative estimate of drug-likeness (QED) is 0.656. The Balaban J connectivity index is 3.75. The van der Waals surface area contributed by atoms with Crippen LogP contribution < -0.4 is 5.73 Å². The summed E-state index contributed by atoms with van der Waals surface area (Å²) < 4.78 is 76.9. The Labute approximate surface area is 127 Å². The van der Waals surface area contributed by atoms with Crippen LogP contribution in [-0.2, 0) is 12.4 Å². The third-order valence-corrected chi connectivity index (χ3v) is 2.43. The van der Waals surface area contributed by atoms with Crippen molar-refractivity contribution in [2.45, 2.75) is 26.2 Å². The molecule has 0 aliphatic heterocycles. The summed E-state index contributed by atoms with van der Waals surface area (Å²) in [6.07, 6.45) is -9.06. The molecular formula is C13H10F6N4. The van der Waals surface area contributed by atoms with E-state index in [1.54, 1.807) is 0 Å². The van der Waals surface area contributed by atoms with Crippen LogP contribution >= 0.6 is 0 Å². The number of aromatic nitrogens is 1. The fraction of sp³-hybridized carbons (Fsp3) is 0.308. The van der Waals surface area contributed by atoms with Gasteiger partial charge in [-0.1, -0.05) is 0 Å². The highest BCUT2D eigenvalue weighted by atomic mass is 19.4. The molecule has 4 nitrogen and oxygen atoms in total. The zero-order valence-electron chi connectivity index (χ0n) is 11.8. The number of rotatable bonds is 2. The third kappa shape index (κ3) is 4.70. The van der Waals surface area contributed by atoms with E-state index in [1.807, 2.05) is 0 Å². The Kier molecular flexibility index (Phi) is 5.04. The number of nitrogens with zero attached hydrogens (tertiary/aromatic N) is 3. The summed E-state index contributed by atoms with van der Waals surface area (Å²) in [5.41, 5.74) is 0.956. The number of pyridine rings is 1. The predicted molar refractivity (Wildman–Crippen MR) is 69.7 cm³/mol. The number of halogens is 6. The molecule has 0 fully saturated rings. The molecule has 23 heavy (non-hydrogen) atoms. The highest BCUT2D eigenvalue weighted by molar-refractivity contribution is 5.95. The molecule has 0 radical (unpaired) electrons. The maximum Gasteiger partial charge on any atom is 0.433 e. The van der Waals surface area contributed by atoms with Gasteiger partial charge in [-0.15, -0.1) is 0 Å². The second-order valence-electron chi connectivity index (χ2n) is 4.50. The van der Waals surface area contributed by atoms with Gasteiger partial charge in [0.1, 0.15) is 17.3 Å². The van der Waals surface area contributed by atoms with Crippen LogP contribution in [0.4, 0.5) is 32.2 Å². The number of nitrogens with two attached hydrogens (primary N) is 1. The predicted octanol–water partition coefficient (Wildman–Crippen LogP) is 3.95. The molecule has 124 valence electrons. The third-order valence-electron chi connectivity index (χ3n) is 2.43. The molecule has 10 heteroatoms. The van der Waals surface area contributed by atoms with Crippen LogP contribution in [0.2, 0.25) is 0 Å². The Bertz CT molecular complexity index is 703. The van der Waals surface area contributed by atoms with Gasteiger partial charge in [0, 0.05) is 11.4 Å². The molecular weight excluding hydrogens is 326 g/mol. The summed E-state index contributed by atoms with van der Waals surface area (Å²) in [5.74, 6) is -0.968. The molecule has 1 aromatic heterocycles. The van der Waals surface area contributed by atoms with Crippen LogP contribution in [0.25, 0.3) is 0 Å². The minimum atomic E-state index is -5.16. The number of nitriles is 1. The standard InChI is InChI=1S/C13H10F6N4/c1-6(21)3-7(2)22-11-8(5-20)9(12(14,15)16)4-10(23-11)13(17,18)19/h3-4H,21H2,1-2H3/b6-3-,22-7+. The number of allylic oxidation sites excluding steroid dienone is 2. The molecule has 0 bridgehead atoms. The van der Waals surface area contributed by atoms with E-state index >= 15 is 0 Å². The normalized spacial score (nSPS) is 13.9. The molecule has 1 rings (SSSR count). The first-order chi connectivity index (χ1) is 10.4. The topological polar surface area (TPSA) is 75.1 Å². The maximum absolute atomic E-state index is 12.9. The zero-order chi connectivity index (χ0) is 18.0. The molecule has 0 aliphatic carbocycles. The maximum atomic E-state index is 12.9. The van der Waals surface area contributed by atoms with Crippen molar-refractivity contribution < 1.29 is 26.3 Å². The van der Waals surface area contributed by atoms with Crippen LogP contribution in [-0.4, -0.2) is 10.7 Å². The summed E-state index contributed by atoms with van der Waals surface area (Å²) in [6.45, 7) is 2.75. The summed E-state index contributed by atoms with van der Waals surface area (Å²) in [6, 6.07) is 0.988. The fourth-order valence-corrected chi connectivity index (χ4v) is 1.62. The van der Waals surface area contributed by atoms with Gasteiger partial charge in [0.25, 0.3) is 0 Å². The van der Waals surface area contributed by atoms with E-state index in [9.17, 15) is 26.3 Å². The first-order valence-electron chi connectivity index (χ1n) is 5.95. The molecule has 0 aromatic carbocycles. The van der Waals surface area contributed by atoms with Crippen LogP contribution in [0, 0.1) is 11.3 Å². The van der Waals surface area contributed by atoms with Crippen LogP contribution in [0.1, 0.15) is 30.7 Å². The molecule has 1 aromatic rings.